The van der Waals surface area contributed by atoms with Crippen molar-refractivity contribution >= 4 is 17.0 Å². The maximum atomic E-state index is 11.0. The molecule has 1 saturated heterocycles. The highest BCUT2D eigenvalue weighted by Gasteiger charge is 2.24. The highest BCUT2D eigenvalue weighted by Crippen LogP contribution is 2.32. The second-order valence-electron chi connectivity index (χ2n) is 5.29. The maximum absolute atomic E-state index is 11.0. The molecule has 1 aliphatic rings. The average molecular weight is 281 g/mol. The highest BCUT2D eigenvalue weighted by molar-refractivity contribution is 5.84. The summed E-state index contributed by atoms with van der Waals surface area (Å²) in [6.07, 6.45) is 2.55. The number of nitriles is 1. The SMILES string of the molecule is N#Cc1ccc2nccc(C3CCN(C(=O)O)CC3)c2c1. The van der Waals surface area contributed by atoms with Crippen molar-refractivity contribution in [3.8, 4) is 6.07 Å². The molecule has 1 aromatic heterocycles. The third kappa shape index (κ3) is 2.52. The fourth-order valence-electron chi connectivity index (χ4n) is 2.97. The second kappa shape index (κ2) is 5.41. The molecule has 106 valence electrons. The quantitative estimate of drug-likeness (QED) is 0.871. The van der Waals surface area contributed by atoms with Crippen LogP contribution in [0.3, 0.4) is 0 Å². The summed E-state index contributed by atoms with van der Waals surface area (Å²) in [5.41, 5.74) is 2.68. The smallest absolute Gasteiger partial charge is 0.407 e. The summed E-state index contributed by atoms with van der Waals surface area (Å²) in [6, 6.07) is 9.66. The molecule has 0 radical (unpaired) electrons. The van der Waals surface area contributed by atoms with Crippen LogP contribution in [0.1, 0.15) is 29.9 Å². The predicted molar refractivity (Wildman–Crippen MR) is 78.0 cm³/mol. The van der Waals surface area contributed by atoms with Crippen LogP contribution in [0.15, 0.2) is 30.5 Å². The Morgan fingerprint density at radius 1 is 1.33 bits per heavy atom. The molecule has 2 heterocycles. The van der Waals surface area contributed by atoms with Gasteiger partial charge in [-0.05, 0) is 48.6 Å². The van der Waals surface area contributed by atoms with E-state index in [2.05, 4.69) is 11.1 Å². The van der Waals surface area contributed by atoms with Crippen LogP contribution in [0.25, 0.3) is 10.9 Å². The van der Waals surface area contributed by atoms with E-state index in [4.69, 9.17) is 10.4 Å². The number of nitrogens with zero attached hydrogens (tertiary/aromatic N) is 3. The van der Waals surface area contributed by atoms with E-state index in [0.29, 0.717) is 24.6 Å². The molecule has 1 aliphatic heterocycles. The van der Waals surface area contributed by atoms with Crippen molar-refractivity contribution in [1.29, 1.82) is 5.26 Å². The molecule has 1 fully saturated rings. The number of likely N-dealkylation sites (tertiary alicyclic amines) is 1. The molecule has 5 heteroatoms. The minimum absolute atomic E-state index is 0.319. The molecule has 0 atom stereocenters. The van der Waals surface area contributed by atoms with Crippen molar-refractivity contribution in [2.45, 2.75) is 18.8 Å². The molecule has 0 aliphatic carbocycles. The predicted octanol–water partition coefficient (Wildman–Crippen LogP) is 2.96. The Morgan fingerprint density at radius 3 is 2.76 bits per heavy atom. The van der Waals surface area contributed by atoms with Gasteiger partial charge in [-0.1, -0.05) is 0 Å². The van der Waals surface area contributed by atoms with Crippen LogP contribution in [-0.4, -0.2) is 34.2 Å². The lowest BCUT2D eigenvalue weighted by atomic mass is 9.87. The van der Waals surface area contributed by atoms with Crippen molar-refractivity contribution in [2.24, 2.45) is 0 Å². The van der Waals surface area contributed by atoms with Gasteiger partial charge in [-0.3, -0.25) is 4.98 Å². The van der Waals surface area contributed by atoms with Gasteiger partial charge in [0.25, 0.3) is 0 Å². The Kier molecular flexibility index (Phi) is 3.44. The number of hydrogen-bond donors (Lipinski definition) is 1. The van der Waals surface area contributed by atoms with Crippen LogP contribution in [-0.2, 0) is 0 Å². The highest BCUT2D eigenvalue weighted by atomic mass is 16.4. The number of fused-ring (bicyclic) bond motifs is 1. The summed E-state index contributed by atoms with van der Waals surface area (Å²) in [5.74, 6) is 0.319. The lowest BCUT2D eigenvalue weighted by Gasteiger charge is -2.30. The molecule has 2 aromatic rings. The van der Waals surface area contributed by atoms with Gasteiger partial charge in [0.1, 0.15) is 0 Å². The third-order valence-corrected chi connectivity index (χ3v) is 4.11. The Bertz CT molecular complexity index is 728. The van der Waals surface area contributed by atoms with Gasteiger partial charge in [-0.2, -0.15) is 5.26 Å². The lowest BCUT2D eigenvalue weighted by Crippen LogP contribution is -2.36. The van der Waals surface area contributed by atoms with Gasteiger partial charge in [-0.15, -0.1) is 0 Å². The van der Waals surface area contributed by atoms with Crippen molar-refractivity contribution in [1.82, 2.24) is 9.88 Å². The molecular weight excluding hydrogens is 266 g/mol. The normalized spacial score (nSPS) is 15.9. The molecule has 21 heavy (non-hydrogen) atoms. The number of hydrogen-bond acceptors (Lipinski definition) is 3. The molecule has 0 saturated carbocycles. The first kappa shape index (κ1) is 13.4. The summed E-state index contributed by atoms with van der Waals surface area (Å²) in [4.78, 5) is 16.8. The zero-order valence-electron chi connectivity index (χ0n) is 11.5. The van der Waals surface area contributed by atoms with Gasteiger partial charge in [0.05, 0.1) is 17.1 Å². The summed E-state index contributed by atoms with van der Waals surface area (Å²) in [7, 11) is 0. The molecule has 3 rings (SSSR count). The van der Waals surface area contributed by atoms with Crippen LogP contribution in [0.2, 0.25) is 0 Å². The van der Waals surface area contributed by atoms with E-state index < -0.39 is 6.09 Å². The number of carbonyl (C=O) groups is 1. The number of amides is 1. The molecule has 0 spiro atoms. The third-order valence-electron chi connectivity index (χ3n) is 4.11. The van der Waals surface area contributed by atoms with Gasteiger partial charge < -0.3 is 10.0 Å². The Morgan fingerprint density at radius 2 is 2.10 bits per heavy atom. The molecule has 0 bridgehead atoms. The fraction of sp³-hybridized carbons (Fsp3) is 0.312. The molecule has 1 amide bonds. The number of pyridine rings is 1. The zero-order chi connectivity index (χ0) is 14.8. The monoisotopic (exact) mass is 281 g/mol. The fourth-order valence-corrected chi connectivity index (χ4v) is 2.97. The van der Waals surface area contributed by atoms with Crippen molar-refractivity contribution in [2.75, 3.05) is 13.1 Å². The first-order valence-electron chi connectivity index (χ1n) is 6.95. The molecule has 1 N–H and O–H groups in total. The summed E-state index contributed by atoms with van der Waals surface area (Å²) in [5, 5.41) is 19.1. The minimum Gasteiger partial charge on any atom is -0.465 e. The first-order valence-corrected chi connectivity index (χ1v) is 6.95. The van der Waals surface area contributed by atoms with Crippen LogP contribution in [0.4, 0.5) is 4.79 Å². The van der Waals surface area contributed by atoms with E-state index in [1.165, 1.54) is 10.5 Å². The Labute approximate surface area is 122 Å². The van der Waals surface area contributed by atoms with Crippen LogP contribution in [0, 0.1) is 11.3 Å². The standard InChI is InChI=1S/C16H15N3O2/c17-10-11-1-2-15-14(9-11)13(3-6-18-15)12-4-7-19(8-5-12)16(20)21/h1-3,6,9,12H,4-5,7-8H2,(H,20,21). The van der Waals surface area contributed by atoms with E-state index in [1.807, 2.05) is 18.2 Å². The number of rotatable bonds is 1. The van der Waals surface area contributed by atoms with E-state index in [1.54, 1.807) is 12.3 Å². The number of piperidine rings is 1. The van der Waals surface area contributed by atoms with Crippen molar-refractivity contribution in [3.05, 3.63) is 41.6 Å². The topological polar surface area (TPSA) is 77.2 Å². The zero-order valence-corrected chi connectivity index (χ0v) is 11.5. The van der Waals surface area contributed by atoms with Crippen LogP contribution in [0.5, 0.6) is 0 Å². The van der Waals surface area contributed by atoms with Gasteiger partial charge in [0.2, 0.25) is 0 Å². The van der Waals surface area contributed by atoms with Gasteiger partial charge in [0.15, 0.2) is 0 Å². The van der Waals surface area contributed by atoms with E-state index in [-0.39, 0.29) is 0 Å². The number of benzene rings is 1. The Hall–Kier alpha value is -2.61. The van der Waals surface area contributed by atoms with E-state index >= 15 is 0 Å². The van der Waals surface area contributed by atoms with Crippen molar-refractivity contribution in [3.63, 3.8) is 0 Å². The molecule has 0 unspecified atom stereocenters. The molecule has 5 nitrogen and oxygen atoms in total. The minimum atomic E-state index is -0.847. The second-order valence-corrected chi connectivity index (χ2v) is 5.29. The number of carboxylic acid groups (broad SMARTS) is 1. The van der Waals surface area contributed by atoms with E-state index in [9.17, 15) is 4.79 Å². The lowest BCUT2D eigenvalue weighted by molar-refractivity contribution is 0.132. The maximum Gasteiger partial charge on any atom is 0.407 e. The molecular formula is C16H15N3O2. The van der Waals surface area contributed by atoms with Crippen LogP contribution < -0.4 is 0 Å². The van der Waals surface area contributed by atoms with Gasteiger partial charge in [-0.25, -0.2) is 4.79 Å². The van der Waals surface area contributed by atoms with Gasteiger partial charge >= 0.3 is 6.09 Å². The number of aromatic nitrogens is 1. The Balaban J connectivity index is 1.94. The summed E-state index contributed by atoms with van der Waals surface area (Å²) in [6.45, 7) is 1.11. The molecule has 1 aromatic carbocycles. The largest absolute Gasteiger partial charge is 0.465 e. The summed E-state index contributed by atoms with van der Waals surface area (Å²) < 4.78 is 0. The van der Waals surface area contributed by atoms with E-state index in [0.717, 1.165) is 23.7 Å². The first-order chi connectivity index (χ1) is 10.2. The summed E-state index contributed by atoms with van der Waals surface area (Å²) >= 11 is 0. The average Bonchev–Trinajstić information content (AvgIpc) is 2.54. The van der Waals surface area contributed by atoms with Crippen LogP contribution >= 0.6 is 0 Å². The van der Waals surface area contributed by atoms with Gasteiger partial charge in [0, 0.05) is 24.7 Å². The van der Waals surface area contributed by atoms with Crippen molar-refractivity contribution < 1.29 is 9.90 Å².